The molecule has 1 aromatic heterocycles. The number of nitrogens with zero attached hydrogens (tertiary/aromatic N) is 2. The Morgan fingerprint density at radius 3 is 2.70 bits per heavy atom. The fraction of sp³-hybridized carbons (Fsp3) is 0.611. The van der Waals surface area contributed by atoms with E-state index in [0.717, 1.165) is 19.3 Å². The van der Waals surface area contributed by atoms with Crippen molar-refractivity contribution in [2.45, 2.75) is 71.1 Å². The predicted molar refractivity (Wildman–Crippen MR) is 88.4 cm³/mol. The lowest BCUT2D eigenvalue weighted by Crippen LogP contribution is -2.51. The topological polar surface area (TPSA) is 59.5 Å². The van der Waals surface area contributed by atoms with Crippen LogP contribution >= 0.6 is 0 Å². The summed E-state index contributed by atoms with van der Waals surface area (Å²) in [4.78, 5) is 30.7. The summed E-state index contributed by atoms with van der Waals surface area (Å²) < 4.78 is 5.53. The van der Waals surface area contributed by atoms with Crippen LogP contribution in [0.3, 0.4) is 0 Å². The molecule has 5 nitrogen and oxygen atoms in total. The second kappa shape index (κ2) is 7.11. The molecule has 0 saturated carbocycles. The third kappa shape index (κ3) is 4.78. The van der Waals surface area contributed by atoms with Gasteiger partial charge in [-0.25, -0.2) is 4.79 Å². The third-order valence-electron chi connectivity index (χ3n) is 4.04. The second-order valence-corrected chi connectivity index (χ2v) is 7.19. The van der Waals surface area contributed by atoms with Crippen LogP contribution in [0.15, 0.2) is 24.5 Å². The molecule has 2 atom stereocenters. The smallest absolute Gasteiger partial charge is 0.410 e. The zero-order chi connectivity index (χ0) is 17.0. The Morgan fingerprint density at radius 2 is 2.09 bits per heavy atom. The highest BCUT2D eigenvalue weighted by atomic mass is 16.6. The Kier molecular flexibility index (Phi) is 5.39. The number of carbonyl (C=O) groups excluding carboxylic acids is 2. The van der Waals surface area contributed by atoms with Crippen molar-refractivity contribution in [3.63, 3.8) is 0 Å². The van der Waals surface area contributed by atoms with E-state index >= 15 is 0 Å². The van der Waals surface area contributed by atoms with Crippen LogP contribution in [0.2, 0.25) is 0 Å². The van der Waals surface area contributed by atoms with E-state index in [-0.39, 0.29) is 24.0 Å². The maximum atomic E-state index is 12.5. The molecule has 0 aliphatic carbocycles. The number of piperidine rings is 1. The monoisotopic (exact) mass is 318 g/mol. The molecule has 2 heterocycles. The summed E-state index contributed by atoms with van der Waals surface area (Å²) in [7, 11) is 0. The number of ether oxygens (including phenoxy) is 1. The molecule has 5 heteroatoms. The average molecular weight is 318 g/mol. The van der Waals surface area contributed by atoms with Crippen LogP contribution in [0.5, 0.6) is 0 Å². The van der Waals surface area contributed by atoms with Crippen molar-refractivity contribution in [3.8, 4) is 0 Å². The summed E-state index contributed by atoms with van der Waals surface area (Å²) in [6, 6.07) is 3.49. The van der Waals surface area contributed by atoms with Crippen LogP contribution in [0.1, 0.15) is 63.7 Å². The van der Waals surface area contributed by atoms with Crippen LogP contribution in [0.4, 0.5) is 4.79 Å². The van der Waals surface area contributed by atoms with Gasteiger partial charge in [-0.15, -0.1) is 0 Å². The molecule has 126 valence electrons. The molecule has 1 aromatic rings. The summed E-state index contributed by atoms with van der Waals surface area (Å²) >= 11 is 0. The highest BCUT2D eigenvalue weighted by Crippen LogP contribution is 2.28. The first kappa shape index (κ1) is 17.4. The Hall–Kier alpha value is -1.91. The molecule has 0 N–H and O–H groups in total. The lowest BCUT2D eigenvalue weighted by Gasteiger charge is -2.41. The van der Waals surface area contributed by atoms with Crippen molar-refractivity contribution in [1.82, 2.24) is 9.88 Å². The van der Waals surface area contributed by atoms with E-state index in [1.54, 1.807) is 29.4 Å². The molecule has 2 rings (SSSR count). The minimum Gasteiger partial charge on any atom is -0.444 e. The standard InChI is InChI=1S/C18H26N2O3/c1-13-7-5-9-15(20(13)17(22)23-18(2,3)4)11-16(21)14-8-6-10-19-12-14/h6,8,10,12-13,15H,5,7,9,11H2,1-4H3. The van der Waals surface area contributed by atoms with Gasteiger partial charge in [-0.3, -0.25) is 9.78 Å². The molecule has 1 amide bonds. The highest BCUT2D eigenvalue weighted by Gasteiger charge is 2.35. The number of hydrogen-bond acceptors (Lipinski definition) is 4. The normalized spacial score (nSPS) is 21.8. The van der Waals surface area contributed by atoms with Gasteiger partial charge in [0.1, 0.15) is 5.60 Å². The number of hydrogen-bond donors (Lipinski definition) is 0. The summed E-state index contributed by atoms with van der Waals surface area (Å²) in [6.45, 7) is 7.59. The summed E-state index contributed by atoms with van der Waals surface area (Å²) in [5.74, 6) is 0.0192. The van der Waals surface area contributed by atoms with Gasteiger partial charge in [0, 0.05) is 36.5 Å². The van der Waals surface area contributed by atoms with Gasteiger partial charge in [0.25, 0.3) is 0 Å². The van der Waals surface area contributed by atoms with Gasteiger partial charge in [0.05, 0.1) is 0 Å². The van der Waals surface area contributed by atoms with Crippen molar-refractivity contribution >= 4 is 11.9 Å². The predicted octanol–water partition coefficient (Wildman–Crippen LogP) is 3.83. The van der Waals surface area contributed by atoms with E-state index in [2.05, 4.69) is 4.98 Å². The number of carbonyl (C=O) groups is 2. The van der Waals surface area contributed by atoms with Crippen LogP contribution in [0, 0.1) is 0 Å². The molecule has 1 aliphatic rings. The minimum atomic E-state index is -0.536. The maximum absolute atomic E-state index is 12.5. The van der Waals surface area contributed by atoms with E-state index in [0.29, 0.717) is 12.0 Å². The first-order chi connectivity index (χ1) is 10.8. The highest BCUT2D eigenvalue weighted by molar-refractivity contribution is 5.96. The number of amides is 1. The molecule has 0 bridgehead atoms. The molecular weight excluding hydrogens is 292 g/mol. The van der Waals surface area contributed by atoms with Crippen molar-refractivity contribution in [3.05, 3.63) is 30.1 Å². The van der Waals surface area contributed by atoms with Crippen LogP contribution in [-0.2, 0) is 4.74 Å². The number of Topliss-reactive ketones (excluding diaryl/α,β-unsaturated/α-hetero) is 1. The Bertz CT molecular complexity index is 551. The third-order valence-corrected chi connectivity index (χ3v) is 4.04. The van der Waals surface area contributed by atoms with Crippen molar-refractivity contribution < 1.29 is 14.3 Å². The second-order valence-electron chi connectivity index (χ2n) is 7.19. The average Bonchev–Trinajstić information content (AvgIpc) is 2.46. The first-order valence-corrected chi connectivity index (χ1v) is 8.22. The molecule has 1 fully saturated rings. The van der Waals surface area contributed by atoms with E-state index in [9.17, 15) is 9.59 Å². The molecule has 0 aromatic carbocycles. The van der Waals surface area contributed by atoms with Gasteiger partial charge >= 0.3 is 6.09 Å². The summed E-state index contributed by atoms with van der Waals surface area (Å²) in [5, 5.41) is 0. The number of pyridine rings is 1. The lowest BCUT2D eigenvalue weighted by atomic mass is 9.92. The summed E-state index contributed by atoms with van der Waals surface area (Å²) in [5.41, 5.74) is 0.0569. The first-order valence-electron chi connectivity index (χ1n) is 8.22. The zero-order valence-corrected chi connectivity index (χ0v) is 14.4. The molecule has 2 unspecified atom stereocenters. The van der Waals surface area contributed by atoms with Crippen LogP contribution < -0.4 is 0 Å². The zero-order valence-electron chi connectivity index (χ0n) is 14.4. The SMILES string of the molecule is CC1CCCC(CC(=O)c2cccnc2)N1C(=O)OC(C)(C)C. The Morgan fingerprint density at radius 1 is 1.35 bits per heavy atom. The molecule has 1 saturated heterocycles. The van der Waals surface area contributed by atoms with Crippen molar-refractivity contribution in [1.29, 1.82) is 0 Å². The molecular formula is C18H26N2O3. The molecule has 0 radical (unpaired) electrons. The largest absolute Gasteiger partial charge is 0.444 e. The van der Waals surface area contributed by atoms with E-state index in [4.69, 9.17) is 4.74 Å². The fourth-order valence-corrected chi connectivity index (χ4v) is 2.99. The number of ketones is 1. The van der Waals surface area contributed by atoms with Crippen LogP contribution in [0.25, 0.3) is 0 Å². The minimum absolute atomic E-state index is 0.0192. The van der Waals surface area contributed by atoms with E-state index in [1.165, 1.54) is 0 Å². The Labute approximate surface area is 138 Å². The van der Waals surface area contributed by atoms with Crippen molar-refractivity contribution in [2.24, 2.45) is 0 Å². The van der Waals surface area contributed by atoms with Gasteiger partial charge in [-0.2, -0.15) is 0 Å². The molecule has 23 heavy (non-hydrogen) atoms. The molecule has 1 aliphatic heterocycles. The van der Waals surface area contributed by atoms with E-state index in [1.807, 2.05) is 27.7 Å². The number of likely N-dealkylation sites (tertiary alicyclic amines) is 1. The molecule has 0 spiro atoms. The van der Waals surface area contributed by atoms with E-state index < -0.39 is 5.60 Å². The van der Waals surface area contributed by atoms with Gasteiger partial charge in [0.15, 0.2) is 5.78 Å². The fourth-order valence-electron chi connectivity index (χ4n) is 2.99. The lowest BCUT2D eigenvalue weighted by molar-refractivity contribution is -0.00305. The maximum Gasteiger partial charge on any atom is 0.410 e. The van der Waals surface area contributed by atoms with Crippen molar-refractivity contribution in [2.75, 3.05) is 0 Å². The van der Waals surface area contributed by atoms with Gasteiger partial charge in [-0.1, -0.05) is 0 Å². The van der Waals surface area contributed by atoms with Gasteiger partial charge < -0.3 is 9.64 Å². The quantitative estimate of drug-likeness (QED) is 0.795. The van der Waals surface area contributed by atoms with Gasteiger partial charge in [0.2, 0.25) is 0 Å². The summed E-state index contributed by atoms with van der Waals surface area (Å²) in [6.07, 6.45) is 6.00. The van der Waals surface area contributed by atoms with Crippen LogP contribution in [-0.4, -0.2) is 39.4 Å². The number of rotatable bonds is 3. The Balaban J connectivity index is 2.11. The van der Waals surface area contributed by atoms with Gasteiger partial charge in [-0.05, 0) is 59.1 Å². The number of aromatic nitrogens is 1.